The zero-order valence-corrected chi connectivity index (χ0v) is 11.7. The van der Waals surface area contributed by atoms with E-state index >= 15 is 0 Å². The lowest BCUT2D eigenvalue weighted by molar-refractivity contribution is 0.0696. The van der Waals surface area contributed by atoms with E-state index in [0.29, 0.717) is 36.8 Å². The van der Waals surface area contributed by atoms with Gasteiger partial charge in [0.05, 0.1) is 24.6 Å². The highest BCUT2D eigenvalue weighted by Crippen LogP contribution is 2.10. The van der Waals surface area contributed by atoms with Crippen molar-refractivity contribution < 1.29 is 14.6 Å². The lowest BCUT2D eigenvalue weighted by Gasteiger charge is -2.07. The summed E-state index contributed by atoms with van der Waals surface area (Å²) >= 11 is 0. The second-order valence-corrected chi connectivity index (χ2v) is 4.36. The van der Waals surface area contributed by atoms with Crippen LogP contribution < -0.4 is 10.1 Å². The molecule has 0 saturated heterocycles. The summed E-state index contributed by atoms with van der Waals surface area (Å²) in [5.74, 6) is 0.200. The summed E-state index contributed by atoms with van der Waals surface area (Å²) in [5.41, 5.74) is 1.25. The van der Waals surface area contributed by atoms with Crippen molar-refractivity contribution in [3.05, 3.63) is 47.8 Å². The molecule has 1 aromatic carbocycles. The molecule has 0 saturated carbocycles. The number of carboxylic acids is 1. The molecule has 2 rings (SSSR count). The van der Waals surface area contributed by atoms with Gasteiger partial charge >= 0.3 is 5.97 Å². The molecule has 1 aromatic heterocycles. The number of benzene rings is 1. The molecular formula is C15H17N3O3. The van der Waals surface area contributed by atoms with Gasteiger partial charge < -0.3 is 15.2 Å². The Hall–Kier alpha value is -2.63. The van der Waals surface area contributed by atoms with Crippen molar-refractivity contribution in [2.24, 2.45) is 0 Å². The van der Waals surface area contributed by atoms with Gasteiger partial charge in [0.25, 0.3) is 0 Å². The number of carboxylic acid groups (broad SMARTS) is 1. The summed E-state index contributed by atoms with van der Waals surface area (Å²) in [6, 6.07) is 6.90. The van der Waals surface area contributed by atoms with E-state index in [1.165, 1.54) is 0 Å². The van der Waals surface area contributed by atoms with E-state index in [9.17, 15) is 4.79 Å². The van der Waals surface area contributed by atoms with E-state index < -0.39 is 5.97 Å². The Morgan fingerprint density at radius 1 is 1.38 bits per heavy atom. The predicted octanol–water partition coefficient (Wildman–Crippen LogP) is 2.23. The van der Waals surface area contributed by atoms with Crippen molar-refractivity contribution in [2.75, 3.05) is 18.5 Å². The van der Waals surface area contributed by atoms with Gasteiger partial charge in [0.1, 0.15) is 5.82 Å². The first-order valence-corrected chi connectivity index (χ1v) is 6.70. The molecule has 1 heterocycles. The number of hydrogen-bond donors (Lipinski definition) is 2. The topological polar surface area (TPSA) is 84.3 Å². The van der Waals surface area contributed by atoms with Crippen LogP contribution in [-0.2, 0) is 6.42 Å². The van der Waals surface area contributed by atoms with Crippen LogP contribution in [0.25, 0.3) is 0 Å². The number of hydrogen-bond acceptors (Lipinski definition) is 5. The zero-order chi connectivity index (χ0) is 15.1. The predicted molar refractivity (Wildman–Crippen MR) is 78.8 cm³/mol. The van der Waals surface area contributed by atoms with Crippen molar-refractivity contribution in [3.63, 3.8) is 0 Å². The number of rotatable bonds is 7. The van der Waals surface area contributed by atoms with Crippen molar-refractivity contribution in [2.45, 2.75) is 13.3 Å². The monoisotopic (exact) mass is 287 g/mol. The molecule has 0 aliphatic rings. The molecule has 110 valence electrons. The molecule has 6 heteroatoms. The lowest BCUT2D eigenvalue weighted by atomic mass is 10.1. The first-order chi connectivity index (χ1) is 10.2. The smallest absolute Gasteiger partial charge is 0.335 e. The third-order valence-corrected chi connectivity index (χ3v) is 2.80. The minimum Gasteiger partial charge on any atom is -0.478 e. The van der Waals surface area contributed by atoms with Gasteiger partial charge in [-0.05, 0) is 31.0 Å². The van der Waals surface area contributed by atoms with Crippen LogP contribution in [0.15, 0.2) is 36.7 Å². The number of nitrogens with one attached hydrogen (secondary N) is 1. The molecule has 0 atom stereocenters. The number of carbonyl (C=O) groups is 1. The van der Waals surface area contributed by atoms with Crippen LogP contribution in [0, 0.1) is 0 Å². The molecule has 6 nitrogen and oxygen atoms in total. The molecule has 0 aliphatic carbocycles. The Labute approximate surface area is 122 Å². The van der Waals surface area contributed by atoms with E-state index in [0.717, 1.165) is 5.56 Å². The highest BCUT2D eigenvalue weighted by atomic mass is 16.5. The maximum absolute atomic E-state index is 10.9. The largest absolute Gasteiger partial charge is 0.478 e. The number of ether oxygens (including phenoxy) is 1. The van der Waals surface area contributed by atoms with E-state index in [1.807, 2.05) is 13.0 Å². The lowest BCUT2D eigenvalue weighted by Crippen LogP contribution is -2.08. The Morgan fingerprint density at radius 2 is 2.24 bits per heavy atom. The van der Waals surface area contributed by atoms with Gasteiger partial charge in [-0.15, -0.1) is 0 Å². The van der Waals surface area contributed by atoms with Gasteiger partial charge in [0.15, 0.2) is 0 Å². The van der Waals surface area contributed by atoms with Crippen LogP contribution in [0.4, 0.5) is 5.82 Å². The maximum Gasteiger partial charge on any atom is 0.335 e. The van der Waals surface area contributed by atoms with Crippen LogP contribution in [0.3, 0.4) is 0 Å². The number of anilines is 1. The van der Waals surface area contributed by atoms with Crippen molar-refractivity contribution in [1.29, 1.82) is 0 Å². The van der Waals surface area contributed by atoms with Crippen molar-refractivity contribution in [3.8, 4) is 5.88 Å². The highest BCUT2D eigenvalue weighted by molar-refractivity contribution is 5.87. The quantitative estimate of drug-likeness (QED) is 0.812. The van der Waals surface area contributed by atoms with Crippen LogP contribution in [0.2, 0.25) is 0 Å². The number of nitrogens with zero attached hydrogens (tertiary/aromatic N) is 2. The minimum atomic E-state index is -0.917. The average molecular weight is 287 g/mol. The minimum absolute atomic E-state index is 0.297. The molecular weight excluding hydrogens is 270 g/mol. The Bertz CT molecular complexity index is 617. The molecule has 0 unspecified atom stereocenters. The number of aromatic carboxylic acids is 1. The van der Waals surface area contributed by atoms with E-state index in [-0.39, 0.29) is 0 Å². The fourth-order valence-electron chi connectivity index (χ4n) is 1.85. The first kappa shape index (κ1) is 14.8. The van der Waals surface area contributed by atoms with Gasteiger partial charge in [-0.3, -0.25) is 4.98 Å². The second-order valence-electron chi connectivity index (χ2n) is 4.36. The van der Waals surface area contributed by atoms with Crippen LogP contribution in [0.5, 0.6) is 5.88 Å². The Kier molecular flexibility index (Phi) is 5.09. The zero-order valence-electron chi connectivity index (χ0n) is 11.7. The molecule has 0 amide bonds. The Morgan fingerprint density at radius 3 is 3.00 bits per heavy atom. The molecule has 2 aromatic rings. The second kappa shape index (κ2) is 7.23. The molecule has 0 fully saturated rings. The summed E-state index contributed by atoms with van der Waals surface area (Å²) in [6.07, 6.45) is 3.88. The van der Waals surface area contributed by atoms with Crippen molar-refractivity contribution >= 4 is 11.8 Å². The van der Waals surface area contributed by atoms with Gasteiger partial charge in [0, 0.05) is 6.54 Å². The van der Waals surface area contributed by atoms with Gasteiger partial charge in [-0.2, -0.15) is 4.98 Å². The average Bonchev–Trinajstić information content (AvgIpc) is 2.48. The Balaban J connectivity index is 1.90. The van der Waals surface area contributed by atoms with E-state index in [4.69, 9.17) is 9.84 Å². The summed E-state index contributed by atoms with van der Waals surface area (Å²) in [4.78, 5) is 19.2. The third-order valence-electron chi connectivity index (χ3n) is 2.80. The fourth-order valence-corrected chi connectivity index (χ4v) is 1.85. The summed E-state index contributed by atoms with van der Waals surface area (Å²) in [6.45, 7) is 3.06. The fraction of sp³-hybridized carbons (Fsp3) is 0.267. The third kappa shape index (κ3) is 4.45. The summed E-state index contributed by atoms with van der Waals surface area (Å²) in [5, 5.41) is 12.1. The first-order valence-electron chi connectivity index (χ1n) is 6.70. The molecule has 0 bridgehead atoms. The van der Waals surface area contributed by atoms with Gasteiger partial charge in [0.2, 0.25) is 5.88 Å². The molecule has 21 heavy (non-hydrogen) atoms. The van der Waals surface area contributed by atoms with Crippen LogP contribution >= 0.6 is 0 Å². The molecule has 0 spiro atoms. The van der Waals surface area contributed by atoms with E-state index in [2.05, 4.69) is 15.3 Å². The maximum atomic E-state index is 10.9. The van der Waals surface area contributed by atoms with Crippen LogP contribution in [0.1, 0.15) is 22.8 Å². The highest BCUT2D eigenvalue weighted by Gasteiger charge is 2.03. The van der Waals surface area contributed by atoms with Crippen LogP contribution in [-0.4, -0.2) is 34.2 Å². The van der Waals surface area contributed by atoms with Crippen molar-refractivity contribution in [1.82, 2.24) is 9.97 Å². The van der Waals surface area contributed by atoms with Gasteiger partial charge in [-0.1, -0.05) is 12.1 Å². The molecule has 2 N–H and O–H groups in total. The standard InChI is InChI=1S/C15H17N3O3/c1-2-21-14-10-16-9-13(18-14)17-7-6-11-4-3-5-12(8-11)15(19)20/h3-5,8-10H,2,6-7H2,1H3,(H,17,18)(H,19,20). The summed E-state index contributed by atoms with van der Waals surface area (Å²) < 4.78 is 5.27. The normalized spacial score (nSPS) is 10.1. The number of aromatic nitrogens is 2. The SMILES string of the molecule is CCOc1cncc(NCCc2cccc(C(=O)O)c2)n1. The van der Waals surface area contributed by atoms with E-state index in [1.54, 1.807) is 30.6 Å². The summed E-state index contributed by atoms with van der Waals surface area (Å²) in [7, 11) is 0. The molecule has 0 aliphatic heterocycles. The van der Waals surface area contributed by atoms with Gasteiger partial charge in [-0.25, -0.2) is 4.79 Å². The molecule has 0 radical (unpaired) electrons.